The lowest BCUT2D eigenvalue weighted by molar-refractivity contribution is -0.832. The number of carbonyl (C=O) groups is 3. The molecule has 1 heterocycles. The SMILES string of the molecule is CC1(C)CC[C@]2(C(=O)O)CC[C@]3(C)C(=CC[C@@H]4[C@@]5(C)CC[C@H](OC(=O)CCC(=O)OCc6ccc(Oc7no[n+]([O-])c7S(=O)(=O)c7ccccc7)cc6)C(C)(C)[C@@H]5CC[C@]43C)[C@@H]2C1. The zero-order valence-corrected chi connectivity index (χ0v) is 38.4. The zero-order chi connectivity index (χ0) is 45.4. The van der Waals surface area contributed by atoms with Crippen molar-refractivity contribution in [1.29, 1.82) is 0 Å². The average Bonchev–Trinajstić information content (AvgIpc) is 3.61. The van der Waals surface area contributed by atoms with E-state index in [0.29, 0.717) is 17.4 Å². The van der Waals surface area contributed by atoms with Crippen LogP contribution in [-0.2, 0) is 40.3 Å². The summed E-state index contributed by atoms with van der Waals surface area (Å²) in [5, 5.41) is 25.6. The van der Waals surface area contributed by atoms with Gasteiger partial charge in [-0.1, -0.05) is 90.4 Å². The lowest BCUT2D eigenvalue weighted by Gasteiger charge is -2.71. The Morgan fingerprint density at radius 2 is 1.54 bits per heavy atom. The Kier molecular flexibility index (Phi) is 11.2. The summed E-state index contributed by atoms with van der Waals surface area (Å²) in [5.74, 6) is -1.12. The lowest BCUT2D eigenvalue weighted by Crippen LogP contribution is -2.65. The van der Waals surface area contributed by atoms with Crippen LogP contribution in [-0.4, -0.2) is 42.7 Å². The lowest BCUT2D eigenvalue weighted by atomic mass is 9.33. The summed E-state index contributed by atoms with van der Waals surface area (Å²) in [5.41, 5.74) is 1.19. The van der Waals surface area contributed by atoms with Crippen molar-refractivity contribution >= 4 is 27.7 Å². The van der Waals surface area contributed by atoms with E-state index >= 15 is 0 Å². The molecule has 1 N–H and O–H groups in total. The summed E-state index contributed by atoms with van der Waals surface area (Å²) in [6.07, 6.45) is 11.0. The van der Waals surface area contributed by atoms with Gasteiger partial charge in [0.25, 0.3) is 9.84 Å². The number of ether oxygens (including phenoxy) is 3. The Morgan fingerprint density at radius 3 is 2.24 bits per heavy atom. The number of carbonyl (C=O) groups excluding carboxylic acids is 2. The topological polar surface area (TPSA) is 186 Å². The van der Waals surface area contributed by atoms with E-state index < -0.39 is 44.1 Å². The summed E-state index contributed by atoms with van der Waals surface area (Å²) in [6, 6.07) is 13.6. The van der Waals surface area contributed by atoms with E-state index in [2.05, 4.69) is 64.3 Å². The molecule has 4 saturated carbocycles. The highest BCUT2D eigenvalue weighted by molar-refractivity contribution is 7.91. The molecule has 1 aromatic heterocycles. The van der Waals surface area contributed by atoms with Gasteiger partial charge < -0.3 is 24.5 Å². The van der Waals surface area contributed by atoms with Crippen molar-refractivity contribution < 1.29 is 51.7 Å². The normalized spacial score (nSPS) is 33.0. The van der Waals surface area contributed by atoms with Crippen molar-refractivity contribution in [3.8, 4) is 11.6 Å². The predicted octanol–water partition coefficient (Wildman–Crippen LogP) is 9.55. The van der Waals surface area contributed by atoms with Crippen molar-refractivity contribution in [3.63, 3.8) is 0 Å². The molecule has 4 fully saturated rings. The van der Waals surface area contributed by atoms with Crippen molar-refractivity contribution in [1.82, 2.24) is 5.16 Å². The van der Waals surface area contributed by atoms with Gasteiger partial charge >= 0.3 is 28.8 Å². The first kappa shape index (κ1) is 44.9. The van der Waals surface area contributed by atoms with Crippen LogP contribution in [0.3, 0.4) is 0 Å². The number of carboxylic acids is 1. The number of fused-ring (bicyclic) bond motifs is 7. The van der Waals surface area contributed by atoms with Crippen LogP contribution in [0.2, 0.25) is 0 Å². The molecule has 8 rings (SSSR count). The van der Waals surface area contributed by atoms with Crippen LogP contribution < -0.4 is 9.64 Å². The fourth-order valence-electron chi connectivity index (χ4n) is 13.5. The van der Waals surface area contributed by atoms with Crippen LogP contribution >= 0.6 is 0 Å². The molecule has 0 amide bonds. The number of allylic oxidation sites excluding steroid dienone is 2. The number of hydrogen-bond acceptors (Lipinski definition) is 11. The highest BCUT2D eigenvalue weighted by Crippen LogP contribution is 2.76. The molecule has 3 aromatic rings. The van der Waals surface area contributed by atoms with Crippen LogP contribution in [0.5, 0.6) is 11.6 Å². The summed E-state index contributed by atoms with van der Waals surface area (Å²) in [6.45, 7) is 16.5. The molecule has 0 saturated heterocycles. The second-order valence-corrected chi connectivity index (χ2v) is 23.1. The fourth-order valence-corrected chi connectivity index (χ4v) is 14.7. The van der Waals surface area contributed by atoms with E-state index in [4.69, 9.17) is 14.2 Å². The molecular formula is C49H62N2O11S. The minimum atomic E-state index is -4.29. The summed E-state index contributed by atoms with van der Waals surface area (Å²) >= 11 is 0. The molecule has 340 valence electrons. The first-order chi connectivity index (χ1) is 29.6. The smallest absolute Gasteiger partial charge is 0.420 e. The maximum absolute atomic E-state index is 13.3. The summed E-state index contributed by atoms with van der Waals surface area (Å²) in [4.78, 5) is 38.8. The molecule has 0 aliphatic heterocycles. The Balaban J connectivity index is 0.855. The van der Waals surface area contributed by atoms with Gasteiger partial charge in [-0.3, -0.25) is 19.0 Å². The Morgan fingerprint density at radius 1 is 0.857 bits per heavy atom. The molecular weight excluding hydrogens is 825 g/mol. The quantitative estimate of drug-likeness (QED) is 0.109. The Hall–Kier alpha value is -4.72. The van der Waals surface area contributed by atoms with Crippen molar-refractivity contribution in [2.75, 3.05) is 0 Å². The van der Waals surface area contributed by atoms with E-state index in [9.17, 15) is 33.1 Å². The van der Waals surface area contributed by atoms with E-state index in [1.54, 1.807) is 18.2 Å². The Bertz CT molecular complexity index is 2410. The van der Waals surface area contributed by atoms with Crippen LogP contribution in [0.25, 0.3) is 0 Å². The van der Waals surface area contributed by atoms with Crippen LogP contribution in [0.15, 0.2) is 80.8 Å². The maximum Gasteiger partial charge on any atom is 0.420 e. The number of esters is 2. The van der Waals surface area contributed by atoms with Crippen molar-refractivity contribution in [3.05, 3.63) is 77.0 Å². The molecule has 5 aliphatic rings. The second kappa shape index (κ2) is 15.8. The van der Waals surface area contributed by atoms with Gasteiger partial charge in [0.1, 0.15) is 18.5 Å². The highest BCUT2D eigenvalue weighted by atomic mass is 32.2. The Labute approximate surface area is 370 Å². The third-order valence-corrected chi connectivity index (χ3v) is 18.9. The predicted molar refractivity (Wildman–Crippen MR) is 229 cm³/mol. The molecule has 5 aliphatic carbocycles. The van der Waals surface area contributed by atoms with Gasteiger partial charge in [-0.25, -0.2) is 8.42 Å². The molecule has 14 heteroatoms. The van der Waals surface area contributed by atoms with Crippen molar-refractivity contribution in [2.24, 2.45) is 50.2 Å². The van der Waals surface area contributed by atoms with E-state index in [1.165, 1.54) is 42.0 Å². The monoisotopic (exact) mass is 886 g/mol. The minimum absolute atomic E-state index is 0.0212. The van der Waals surface area contributed by atoms with Gasteiger partial charge in [0, 0.05) is 5.41 Å². The van der Waals surface area contributed by atoms with Gasteiger partial charge in [-0.05, 0) is 138 Å². The molecule has 0 bridgehead atoms. The molecule has 63 heavy (non-hydrogen) atoms. The number of carboxylic acid groups (broad SMARTS) is 1. The number of benzene rings is 2. The van der Waals surface area contributed by atoms with Gasteiger partial charge in [-0.2, -0.15) is 0 Å². The molecule has 2 aromatic carbocycles. The maximum atomic E-state index is 13.3. The van der Waals surface area contributed by atoms with E-state index in [0.717, 1.165) is 64.2 Å². The zero-order valence-electron chi connectivity index (χ0n) is 37.6. The van der Waals surface area contributed by atoms with Gasteiger partial charge in [-0.15, -0.1) is 0 Å². The third kappa shape index (κ3) is 7.45. The first-order valence-corrected chi connectivity index (χ1v) is 24.0. The number of rotatable bonds is 11. The molecule has 0 unspecified atom stereocenters. The number of sulfone groups is 1. The molecule has 0 radical (unpaired) electrons. The number of nitrogens with zero attached hydrogens (tertiary/aromatic N) is 2. The van der Waals surface area contributed by atoms with E-state index in [1.807, 2.05) is 0 Å². The molecule has 13 nitrogen and oxygen atoms in total. The molecule has 8 atom stereocenters. The molecule has 0 spiro atoms. The van der Waals surface area contributed by atoms with Crippen LogP contribution in [0, 0.1) is 55.5 Å². The van der Waals surface area contributed by atoms with Gasteiger partial charge in [0.2, 0.25) is 0 Å². The summed E-state index contributed by atoms with van der Waals surface area (Å²) < 4.78 is 48.0. The van der Waals surface area contributed by atoms with Crippen LogP contribution in [0.4, 0.5) is 0 Å². The highest BCUT2D eigenvalue weighted by Gasteiger charge is 2.69. The third-order valence-electron chi connectivity index (χ3n) is 17.2. The fraction of sp³-hybridized carbons (Fsp3) is 0.612. The van der Waals surface area contributed by atoms with Gasteiger partial charge in [0.15, 0.2) is 0 Å². The second-order valence-electron chi connectivity index (χ2n) is 21.3. The standard InChI is InChI=1S/C49H62N2O11S/c1-44(2)25-27-49(43(54)55)28-26-47(6)34(35(49)29-44)17-18-37-46(5)23-22-38(45(3,4)36(46)21-24-48(37,47)7)61-40(53)20-19-39(52)59-30-31-13-15-32(16-14-31)60-41-42(51(56)62-50-41)63(57,58)33-11-9-8-10-12-33/h8-17,35-38H,18-30H2,1-7H3,(H,54,55)/t35-,36-,37+,38-,46-,47+,48+,49-/m0/s1. The average molecular weight is 887 g/mol. The number of hydrogen-bond donors (Lipinski definition) is 1. The van der Waals surface area contributed by atoms with Crippen LogP contribution in [0.1, 0.15) is 131 Å². The first-order valence-electron chi connectivity index (χ1n) is 22.5. The van der Waals surface area contributed by atoms with Crippen molar-refractivity contribution in [2.45, 2.75) is 148 Å². The number of aromatic nitrogens is 2. The number of aliphatic carboxylic acids is 1. The minimum Gasteiger partial charge on any atom is -0.481 e. The van der Waals surface area contributed by atoms with E-state index in [-0.39, 0.29) is 74.1 Å². The van der Waals surface area contributed by atoms with Gasteiger partial charge in [0.05, 0.1) is 28.3 Å². The largest absolute Gasteiger partial charge is 0.481 e. The summed E-state index contributed by atoms with van der Waals surface area (Å²) in [7, 11) is -4.29.